The molecule has 2 aromatic heterocycles. The Kier molecular flexibility index (Phi) is 5.07. The van der Waals surface area contributed by atoms with Crippen molar-refractivity contribution < 1.29 is 27.2 Å². The molecular weight excluding hydrogens is 380 g/mol. The number of para-hydroxylation sites is 1. The minimum Gasteiger partial charge on any atom is -0.496 e. The van der Waals surface area contributed by atoms with Gasteiger partial charge in [0.15, 0.2) is 12.4 Å². The first-order valence-corrected chi connectivity index (χ1v) is 9.68. The van der Waals surface area contributed by atoms with E-state index in [0.29, 0.717) is 17.2 Å². The number of ether oxygens (including phenoxy) is 2. The number of nitrogens with zero attached hydrogens (tertiary/aromatic N) is 1. The van der Waals surface area contributed by atoms with Crippen LogP contribution in [-0.2, 0) is 21.4 Å². The fraction of sp³-hybridized carbons (Fsp3) is 0.125. The van der Waals surface area contributed by atoms with E-state index >= 15 is 0 Å². The van der Waals surface area contributed by atoms with Crippen LogP contribution in [0.3, 0.4) is 0 Å². The van der Waals surface area contributed by atoms with E-state index in [1.165, 1.54) is 11.4 Å². The molecule has 0 aliphatic carbocycles. The lowest BCUT2D eigenvalue weighted by molar-refractivity contribution is 0.0438. The number of esters is 1. The van der Waals surface area contributed by atoms with Gasteiger partial charge in [-0.3, -0.25) is 0 Å². The molecule has 0 bridgehead atoms. The van der Waals surface area contributed by atoms with Crippen LogP contribution in [-0.4, -0.2) is 26.7 Å². The number of carbonyl (C=O) groups excluding carboxylic acids is 1. The lowest BCUT2D eigenvalue weighted by Gasteiger charge is -2.03. The van der Waals surface area contributed by atoms with Gasteiger partial charge in [-0.15, -0.1) is 11.3 Å². The Morgan fingerprint density at radius 2 is 2.08 bits per heavy atom. The van der Waals surface area contributed by atoms with Crippen molar-refractivity contribution in [1.29, 1.82) is 0 Å². The molecule has 3 rings (SSSR count). The molecular formula is C16H14N2O6S2. The third kappa shape index (κ3) is 3.93. The zero-order chi connectivity index (χ0) is 18.7. The topological polar surface area (TPSA) is 122 Å². The molecule has 2 heterocycles. The standard InChI is InChI=1S/C16H14N2O6S2/c1-22-14-5-3-2-4-12(14)13-7-11(24-18-13)8-23-16(19)10-6-15(25-9-10)26(17,20)21/h2-7,9H,8H2,1H3,(H2,17,20,21). The summed E-state index contributed by atoms with van der Waals surface area (Å²) in [6, 6.07) is 10.1. The van der Waals surface area contributed by atoms with Crippen molar-refractivity contribution >= 4 is 27.3 Å². The number of methoxy groups -OCH3 is 1. The van der Waals surface area contributed by atoms with Crippen LogP contribution in [0.1, 0.15) is 16.1 Å². The van der Waals surface area contributed by atoms with Gasteiger partial charge in [0, 0.05) is 17.0 Å². The Morgan fingerprint density at radius 1 is 1.31 bits per heavy atom. The van der Waals surface area contributed by atoms with Gasteiger partial charge in [-0.1, -0.05) is 17.3 Å². The summed E-state index contributed by atoms with van der Waals surface area (Å²) >= 11 is 0.848. The van der Waals surface area contributed by atoms with Crippen LogP contribution >= 0.6 is 11.3 Å². The smallest absolute Gasteiger partial charge is 0.339 e. The highest BCUT2D eigenvalue weighted by Gasteiger charge is 2.17. The van der Waals surface area contributed by atoms with Crippen molar-refractivity contribution in [3.8, 4) is 17.0 Å². The van der Waals surface area contributed by atoms with E-state index in [1.54, 1.807) is 19.2 Å². The van der Waals surface area contributed by atoms with Crippen molar-refractivity contribution in [2.45, 2.75) is 10.8 Å². The zero-order valence-electron chi connectivity index (χ0n) is 13.5. The average Bonchev–Trinajstić information content (AvgIpc) is 3.29. The molecule has 0 atom stereocenters. The summed E-state index contributed by atoms with van der Waals surface area (Å²) in [5, 5.41) is 10.3. The molecule has 10 heteroatoms. The molecule has 26 heavy (non-hydrogen) atoms. The molecule has 0 aliphatic rings. The number of primary sulfonamides is 1. The second-order valence-corrected chi connectivity index (χ2v) is 7.85. The minimum absolute atomic E-state index is 0.100. The molecule has 0 unspecified atom stereocenters. The predicted molar refractivity (Wildman–Crippen MR) is 93.3 cm³/mol. The number of aromatic nitrogens is 1. The first-order valence-electron chi connectivity index (χ1n) is 7.26. The van der Waals surface area contributed by atoms with Crippen LogP contribution in [0, 0.1) is 0 Å². The second-order valence-electron chi connectivity index (χ2n) is 5.15. The molecule has 0 aliphatic heterocycles. The molecule has 0 saturated carbocycles. The molecule has 0 spiro atoms. The summed E-state index contributed by atoms with van der Waals surface area (Å²) < 4.78 is 37.9. The maximum absolute atomic E-state index is 12.0. The summed E-state index contributed by atoms with van der Waals surface area (Å²) in [5.41, 5.74) is 1.39. The van der Waals surface area contributed by atoms with Gasteiger partial charge in [0.2, 0.25) is 10.0 Å². The fourth-order valence-electron chi connectivity index (χ4n) is 2.16. The van der Waals surface area contributed by atoms with E-state index in [0.717, 1.165) is 16.9 Å². The summed E-state index contributed by atoms with van der Waals surface area (Å²) in [5.74, 6) is 0.283. The first-order chi connectivity index (χ1) is 12.4. The van der Waals surface area contributed by atoms with E-state index in [1.807, 2.05) is 18.2 Å². The molecule has 0 radical (unpaired) electrons. The van der Waals surface area contributed by atoms with Crippen molar-refractivity contribution in [1.82, 2.24) is 5.16 Å². The van der Waals surface area contributed by atoms with Gasteiger partial charge in [-0.25, -0.2) is 18.4 Å². The Hall–Kier alpha value is -2.69. The number of carbonyl (C=O) groups is 1. The summed E-state index contributed by atoms with van der Waals surface area (Å²) in [7, 11) is -2.29. The molecule has 8 nitrogen and oxygen atoms in total. The number of nitrogens with two attached hydrogens (primary N) is 1. The Morgan fingerprint density at radius 3 is 2.77 bits per heavy atom. The van der Waals surface area contributed by atoms with E-state index in [9.17, 15) is 13.2 Å². The maximum Gasteiger partial charge on any atom is 0.339 e. The normalized spacial score (nSPS) is 11.3. The van der Waals surface area contributed by atoms with Crippen molar-refractivity contribution in [2.75, 3.05) is 7.11 Å². The first kappa shape index (κ1) is 18.1. The second kappa shape index (κ2) is 7.28. The van der Waals surface area contributed by atoms with E-state index in [-0.39, 0.29) is 16.4 Å². The van der Waals surface area contributed by atoms with Gasteiger partial charge in [0.25, 0.3) is 0 Å². The van der Waals surface area contributed by atoms with Gasteiger partial charge in [-0.2, -0.15) is 0 Å². The highest BCUT2D eigenvalue weighted by atomic mass is 32.2. The van der Waals surface area contributed by atoms with E-state index < -0.39 is 16.0 Å². The number of benzene rings is 1. The van der Waals surface area contributed by atoms with E-state index in [2.05, 4.69) is 5.16 Å². The van der Waals surface area contributed by atoms with Crippen LogP contribution in [0.25, 0.3) is 11.3 Å². The van der Waals surface area contributed by atoms with Gasteiger partial charge >= 0.3 is 5.97 Å². The Balaban J connectivity index is 1.68. The predicted octanol–water partition coefficient (Wildman–Crippen LogP) is 2.42. The lowest BCUT2D eigenvalue weighted by atomic mass is 10.1. The molecule has 136 valence electrons. The van der Waals surface area contributed by atoms with Crippen molar-refractivity contribution in [3.05, 3.63) is 53.1 Å². The van der Waals surface area contributed by atoms with Crippen molar-refractivity contribution in [3.63, 3.8) is 0 Å². The average molecular weight is 394 g/mol. The highest BCUT2D eigenvalue weighted by Crippen LogP contribution is 2.29. The minimum atomic E-state index is -3.85. The largest absolute Gasteiger partial charge is 0.496 e. The summed E-state index contributed by atoms with van der Waals surface area (Å²) in [6.45, 7) is -0.151. The molecule has 0 amide bonds. The summed E-state index contributed by atoms with van der Waals surface area (Å²) in [6.07, 6.45) is 0. The van der Waals surface area contributed by atoms with Gasteiger partial charge in [0.1, 0.15) is 15.7 Å². The number of hydrogen-bond acceptors (Lipinski definition) is 8. The third-order valence-electron chi connectivity index (χ3n) is 3.38. The van der Waals surface area contributed by atoms with E-state index in [4.69, 9.17) is 19.1 Å². The fourth-order valence-corrected chi connectivity index (χ4v) is 3.73. The Bertz CT molecular complexity index is 1040. The number of hydrogen-bond donors (Lipinski definition) is 1. The highest BCUT2D eigenvalue weighted by molar-refractivity contribution is 7.91. The molecule has 1 aromatic carbocycles. The quantitative estimate of drug-likeness (QED) is 0.637. The van der Waals surface area contributed by atoms with Gasteiger partial charge in [-0.05, 0) is 18.2 Å². The van der Waals surface area contributed by atoms with Crippen molar-refractivity contribution in [2.24, 2.45) is 5.14 Å². The number of sulfonamides is 1. The molecule has 2 N–H and O–H groups in total. The van der Waals surface area contributed by atoms with Gasteiger partial charge in [0.05, 0.1) is 12.7 Å². The summed E-state index contributed by atoms with van der Waals surface area (Å²) in [4.78, 5) is 12.0. The van der Waals surface area contributed by atoms with Crippen LogP contribution in [0.15, 0.2) is 50.5 Å². The van der Waals surface area contributed by atoms with Gasteiger partial charge < -0.3 is 14.0 Å². The molecule has 0 fully saturated rings. The third-order valence-corrected chi connectivity index (χ3v) is 5.77. The Labute approximate surface area is 153 Å². The van der Waals surface area contributed by atoms with Crippen LogP contribution in [0.5, 0.6) is 5.75 Å². The van der Waals surface area contributed by atoms with Crippen LogP contribution in [0.2, 0.25) is 0 Å². The molecule has 0 saturated heterocycles. The molecule has 3 aromatic rings. The maximum atomic E-state index is 12.0. The zero-order valence-corrected chi connectivity index (χ0v) is 15.2. The lowest BCUT2D eigenvalue weighted by Crippen LogP contribution is -2.10. The number of rotatable bonds is 6. The monoisotopic (exact) mass is 394 g/mol. The van der Waals surface area contributed by atoms with Crippen LogP contribution < -0.4 is 9.88 Å². The SMILES string of the molecule is COc1ccccc1-c1cc(COC(=O)c2csc(S(N)(=O)=O)c2)on1. The van der Waals surface area contributed by atoms with Crippen LogP contribution in [0.4, 0.5) is 0 Å². The number of thiophene rings is 1.